The largest absolute Gasteiger partial charge is 0.372 e. The molecule has 1 aliphatic heterocycles. The quantitative estimate of drug-likeness (QED) is 0.0742. The summed E-state index contributed by atoms with van der Waals surface area (Å²) >= 11 is 0. The van der Waals surface area contributed by atoms with E-state index in [0.717, 1.165) is 67.8 Å². The summed E-state index contributed by atoms with van der Waals surface area (Å²) in [5.74, 6) is 0.121. The topological polar surface area (TPSA) is 162 Å². The lowest BCUT2D eigenvalue weighted by molar-refractivity contribution is 0.134. The number of nitrogens with zero attached hydrogens (tertiary/aromatic N) is 3. The van der Waals surface area contributed by atoms with E-state index in [1.807, 2.05) is 30.5 Å². The summed E-state index contributed by atoms with van der Waals surface area (Å²) in [5, 5.41) is 4.36. The van der Waals surface area contributed by atoms with Crippen molar-refractivity contribution in [2.75, 3.05) is 13.1 Å². The summed E-state index contributed by atoms with van der Waals surface area (Å²) in [6, 6.07) is 15.2. The molecule has 1 aliphatic rings. The number of aryl methyl sites for hydroxylation is 1. The van der Waals surface area contributed by atoms with E-state index in [9.17, 15) is 4.79 Å². The zero-order valence-corrected chi connectivity index (χ0v) is 30.8. The van der Waals surface area contributed by atoms with E-state index in [-0.39, 0.29) is 28.5 Å². The molecule has 0 spiro atoms. The second-order valence-electron chi connectivity index (χ2n) is 15.4. The number of hydrogen-bond donors (Lipinski definition) is 5. The molecule has 0 saturated heterocycles. The van der Waals surface area contributed by atoms with Crippen LogP contribution in [0.25, 0.3) is 16.7 Å². The highest BCUT2D eigenvalue weighted by atomic mass is 16.5. The smallest absolute Gasteiger partial charge is 0.354 e. The minimum Gasteiger partial charge on any atom is -0.372 e. The Balaban J connectivity index is 0.000000244. The van der Waals surface area contributed by atoms with Gasteiger partial charge in [0, 0.05) is 41.3 Å². The number of benzene rings is 2. The molecule has 5 rings (SSSR count). The molecule has 3 heterocycles. The number of hydrogen-bond acceptors (Lipinski definition) is 6. The number of nitrogens with two attached hydrogens (primary N) is 3. The van der Waals surface area contributed by atoms with Crippen LogP contribution in [-0.2, 0) is 35.2 Å². The number of H-pyrrole nitrogens is 1. The van der Waals surface area contributed by atoms with Crippen molar-refractivity contribution in [3.8, 4) is 5.69 Å². The van der Waals surface area contributed by atoms with E-state index in [1.165, 1.54) is 22.3 Å². The lowest BCUT2D eigenvalue weighted by atomic mass is 9.83. The third kappa shape index (κ3) is 10.5. The van der Waals surface area contributed by atoms with Gasteiger partial charge in [-0.2, -0.15) is 4.98 Å². The molecular formula is C39H58N8O2. The second kappa shape index (κ2) is 16.1. The number of fused-ring (bicyclic) bond motifs is 2. The van der Waals surface area contributed by atoms with Gasteiger partial charge in [-0.1, -0.05) is 65.8 Å². The van der Waals surface area contributed by atoms with Crippen LogP contribution in [-0.4, -0.2) is 39.6 Å². The van der Waals surface area contributed by atoms with E-state index < -0.39 is 0 Å². The van der Waals surface area contributed by atoms with E-state index in [4.69, 9.17) is 21.9 Å². The van der Waals surface area contributed by atoms with Gasteiger partial charge in [0.05, 0.1) is 18.9 Å². The zero-order valence-electron chi connectivity index (χ0n) is 30.8. The first kappa shape index (κ1) is 37.8. The predicted octanol–water partition coefficient (Wildman–Crippen LogP) is 6.01. The molecule has 266 valence electrons. The molecule has 2 aromatic carbocycles. The van der Waals surface area contributed by atoms with Crippen LogP contribution in [0.4, 0.5) is 0 Å². The lowest BCUT2D eigenvalue weighted by Gasteiger charge is -2.22. The highest BCUT2D eigenvalue weighted by Crippen LogP contribution is 2.32. The molecule has 0 saturated carbocycles. The monoisotopic (exact) mass is 670 g/mol. The minimum atomic E-state index is -0.302. The molecule has 10 nitrogen and oxygen atoms in total. The molecule has 10 heteroatoms. The van der Waals surface area contributed by atoms with Crippen LogP contribution in [0.2, 0.25) is 0 Å². The third-order valence-corrected chi connectivity index (χ3v) is 8.98. The van der Waals surface area contributed by atoms with Gasteiger partial charge in [0.2, 0.25) is 0 Å². The average molecular weight is 671 g/mol. The van der Waals surface area contributed by atoms with Gasteiger partial charge >= 0.3 is 5.69 Å². The normalized spacial score (nSPS) is 14.2. The second-order valence-corrected chi connectivity index (χ2v) is 15.4. The lowest BCUT2D eigenvalue weighted by Crippen LogP contribution is -2.24. The number of guanidine groups is 1. The number of nitrogens with one attached hydrogen (secondary N) is 2. The van der Waals surface area contributed by atoms with Crippen molar-refractivity contribution < 1.29 is 4.74 Å². The first-order chi connectivity index (χ1) is 23.0. The summed E-state index contributed by atoms with van der Waals surface area (Å²) in [6.45, 7) is 20.4. The molecule has 0 fully saturated rings. The fourth-order valence-electron chi connectivity index (χ4n) is 5.88. The summed E-state index contributed by atoms with van der Waals surface area (Å²) in [6.07, 6.45) is 6.08. The Morgan fingerprint density at radius 1 is 1.02 bits per heavy atom. The molecule has 0 aliphatic carbocycles. The van der Waals surface area contributed by atoms with Crippen LogP contribution in [0, 0.1) is 0 Å². The number of ether oxygens (including phenoxy) is 1. The average Bonchev–Trinajstić information content (AvgIpc) is 3.67. The summed E-state index contributed by atoms with van der Waals surface area (Å²) in [7, 11) is 0. The number of rotatable bonds is 11. The summed E-state index contributed by atoms with van der Waals surface area (Å²) < 4.78 is 7.21. The fourth-order valence-corrected chi connectivity index (χ4v) is 5.88. The van der Waals surface area contributed by atoms with Gasteiger partial charge in [0.15, 0.2) is 5.96 Å². The first-order valence-corrected chi connectivity index (χ1v) is 17.5. The Kier molecular flexibility index (Phi) is 12.5. The maximum atomic E-state index is 12.6. The van der Waals surface area contributed by atoms with E-state index in [2.05, 4.69) is 93.9 Å². The van der Waals surface area contributed by atoms with Gasteiger partial charge in [-0.15, -0.1) is 0 Å². The standard InChI is InChI=1S/C22H31N7O.C17H27NO/c1-14(25-10-5-11-26-20(23)24)15-6-8-17(9-7-15)29-13-16-12-18(22(2,3)4)27-19(16)28-21(29)30;1-12(18)6-5-7-13-8-15(17(2,3)4)9-14-10-19-11-16(13)14/h6-9,12-14,25H,5,10-11H2,1-4H3,(H4,23,24,26)(H,27,28,30);8-9,12H,5-7,10-11,18H2,1-4H3/t14-;12-/m00/s1. The number of aliphatic imine (C=N–C) groups is 1. The maximum absolute atomic E-state index is 12.6. The Morgan fingerprint density at radius 2 is 1.73 bits per heavy atom. The van der Waals surface area contributed by atoms with Gasteiger partial charge in [-0.25, -0.2) is 4.79 Å². The Hall–Kier alpha value is -3.99. The molecule has 0 unspecified atom stereocenters. The van der Waals surface area contributed by atoms with Crippen LogP contribution in [0.5, 0.6) is 0 Å². The zero-order chi connectivity index (χ0) is 35.9. The molecule has 2 atom stereocenters. The van der Waals surface area contributed by atoms with Gasteiger partial charge < -0.3 is 32.2 Å². The van der Waals surface area contributed by atoms with Crippen molar-refractivity contribution >= 4 is 17.0 Å². The summed E-state index contributed by atoms with van der Waals surface area (Å²) in [4.78, 5) is 24.0. The molecule has 0 bridgehead atoms. The van der Waals surface area contributed by atoms with Crippen molar-refractivity contribution in [3.63, 3.8) is 0 Å². The Labute approximate surface area is 291 Å². The molecule has 0 radical (unpaired) electrons. The van der Waals surface area contributed by atoms with E-state index >= 15 is 0 Å². The third-order valence-electron chi connectivity index (χ3n) is 8.98. The summed E-state index contributed by atoms with van der Waals surface area (Å²) in [5.41, 5.74) is 25.7. The minimum absolute atomic E-state index is 0.0390. The fraction of sp³-hybridized carbons (Fsp3) is 0.513. The molecular weight excluding hydrogens is 612 g/mol. The molecule has 8 N–H and O–H groups in total. The van der Waals surface area contributed by atoms with Crippen molar-refractivity contribution in [1.29, 1.82) is 0 Å². The molecule has 2 aromatic heterocycles. The predicted molar refractivity (Wildman–Crippen MR) is 202 cm³/mol. The highest BCUT2D eigenvalue weighted by Gasteiger charge is 2.22. The van der Waals surface area contributed by atoms with E-state index in [0.29, 0.717) is 18.2 Å². The van der Waals surface area contributed by atoms with E-state index in [1.54, 1.807) is 4.57 Å². The Morgan fingerprint density at radius 3 is 2.37 bits per heavy atom. The number of aromatic amines is 1. The Bertz CT molecular complexity index is 1770. The van der Waals surface area contributed by atoms with Gasteiger partial charge in [-0.05, 0) is 97.5 Å². The molecule has 0 amide bonds. The van der Waals surface area contributed by atoms with Gasteiger partial charge in [0.1, 0.15) is 5.65 Å². The van der Waals surface area contributed by atoms with Crippen LogP contribution in [0.15, 0.2) is 58.4 Å². The van der Waals surface area contributed by atoms with Gasteiger partial charge in [-0.3, -0.25) is 9.56 Å². The van der Waals surface area contributed by atoms with Crippen LogP contribution >= 0.6 is 0 Å². The van der Waals surface area contributed by atoms with Crippen LogP contribution in [0.1, 0.15) is 114 Å². The van der Waals surface area contributed by atoms with Gasteiger partial charge in [0.25, 0.3) is 0 Å². The SMILES string of the molecule is C[C@H](N)CCCc1cc(C(C)(C)C)cc2c1COC2.C[C@H](NCCCN=C(N)N)c1ccc(-n2cc3cc(C(C)(C)C)[nH]c3nc2=O)cc1. The van der Waals surface area contributed by atoms with Crippen molar-refractivity contribution in [1.82, 2.24) is 19.9 Å². The molecule has 49 heavy (non-hydrogen) atoms. The van der Waals surface area contributed by atoms with Crippen molar-refractivity contribution in [2.24, 2.45) is 22.2 Å². The van der Waals surface area contributed by atoms with Crippen molar-refractivity contribution in [3.05, 3.63) is 92.7 Å². The molecule has 4 aromatic rings. The highest BCUT2D eigenvalue weighted by molar-refractivity contribution is 5.76. The van der Waals surface area contributed by atoms with Crippen LogP contribution < -0.4 is 28.2 Å². The van der Waals surface area contributed by atoms with Crippen molar-refractivity contribution in [2.45, 2.75) is 117 Å². The maximum Gasteiger partial charge on any atom is 0.354 e. The first-order valence-electron chi connectivity index (χ1n) is 17.5. The van der Waals surface area contributed by atoms with Crippen LogP contribution in [0.3, 0.4) is 0 Å². The number of aromatic nitrogens is 3.